The van der Waals surface area contributed by atoms with Gasteiger partial charge < -0.3 is 4.74 Å². The molecule has 92 valence electrons. The standard InChI is InChI=1S/C14H11ClFNO/c1-18-13-7-5-12(6-8-13)17-14(15)10-3-2-4-11(16)9-10/h2-9H,1H3. The first kappa shape index (κ1) is 12.6. The van der Waals surface area contributed by atoms with E-state index in [0.717, 1.165) is 5.75 Å². The second-order valence-electron chi connectivity index (χ2n) is 3.61. The third-order valence-corrected chi connectivity index (χ3v) is 2.67. The summed E-state index contributed by atoms with van der Waals surface area (Å²) in [6, 6.07) is 13.1. The Morgan fingerprint density at radius 2 is 1.89 bits per heavy atom. The van der Waals surface area contributed by atoms with Crippen molar-refractivity contribution in [2.24, 2.45) is 4.99 Å². The Kier molecular flexibility index (Phi) is 3.95. The Labute approximate surface area is 110 Å². The zero-order valence-electron chi connectivity index (χ0n) is 9.73. The first-order valence-electron chi connectivity index (χ1n) is 5.33. The van der Waals surface area contributed by atoms with E-state index in [4.69, 9.17) is 16.3 Å². The molecule has 0 amide bonds. The van der Waals surface area contributed by atoms with Crippen LogP contribution in [0.2, 0.25) is 0 Å². The largest absolute Gasteiger partial charge is 0.497 e. The lowest BCUT2D eigenvalue weighted by molar-refractivity contribution is 0.415. The average Bonchev–Trinajstić information content (AvgIpc) is 2.39. The molecule has 18 heavy (non-hydrogen) atoms. The lowest BCUT2D eigenvalue weighted by atomic mass is 10.2. The van der Waals surface area contributed by atoms with Crippen LogP contribution in [-0.2, 0) is 0 Å². The number of halogens is 2. The van der Waals surface area contributed by atoms with Gasteiger partial charge in [-0.15, -0.1) is 0 Å². The minimum absolute atomic E-state index is 0.250. The molecule has 0 unspecified atom stereocenters. The van der Waals surface area contributed by atoms with Crippen LogP contribution in [0, 0.1) is 5.82 Å². The van der Waals surface area contributed by atoms with Crippen LogP contribution in [0.3, 0.4) is 0 Å². The van der Waals surface area contributed by atoms with E-state index < -0.39 is 0 Å². The van der Waals surface area contributed by atoms with Crippen LogP contribution in [0.25, 0.3) is 0 Å². The molecule has 4 heteroatoms. The molecule has 0 aliphatic heterocycles. The number of hydrogen-bond acceptors (Lipinski definition) is 2. The summed E-state index contributed by atoms with van der Waals surface area (Å²) in [5.41, 5.74) is 1.23. The third-order valence-electron chi connectivity index (χ3n) is 2.36. The SMILES string of the molecule is COc1ccc(N=C(Cl)c2cccc(F)c2)cc1. The van der Waals surface area contributed by atoms with Crippen molar-refractivity contribution in [3.63, 3.8) is 0 Å². The third kappa shape index (κ3) is 3.08. The van der Waals surface area contributed by atoms with Crippen LogP contribution < -0.4 is 4.74 Å². The Hall–Kier alpha value is -1.87. The molecule has 0 saturated heterocycles. The highest BCUT2D eigenvalue weighted by atomic mass is 35.5. The summed E-state index contributed by atoms with van der Waals surface area (Å²) in [6.45, 7) is 0. The maximum atomic E-state index is 13.0. The number of methoxy groups -OCH3 is 1. The van der Waals surface area contributed by atoms with Crippen molar-refractivity contribution in [3.8, 4) is 5.75 Å². The lowest BCUT2D eigenvalue weighted by Gasteiger charge is -2.01. The minimum atomic E-state index is -0.337. The van der Waals surface area contributed by atoms with Crippen molar-refractivity contribution in [3.05, 3.63) is 59.9 Å². The van der Waals surface area contributed by atoms with Gasteiger partial charge in [-0.1, -0.05) is 23.7 Å². The highest BCUT2D eigenvalue weighted by Gasteiger charge is 2.01. The zero-order chi connectivity index (χ0) is 13.0. The molecule has 2 nitrogen and oxygen atoms in total. The number of nitrogens with zero attached hydrogens (tertiary/aromatic N) is 1. The molecule has 0 radical (unpaired) electrons. The van der Waals surface area contributed by atoms with Crippen LogP contribution in [0.1, 0.15) is 5.56 Å². The number of hydrogen-bond donors (Lipinski definition) is 0. The number of benzene rings is 2. The summed E-state index contributed by atoms with van der Waals surface area (Å²) in [5.74, 6) is 0.409. The van der Waals surface area contributed by atoms with Gasteiger partial charge in [0.2, 0.25) is 0 Å². The number of aliphatic imine (C=N–C) groups is 1. The second kappa shape index (κ2) is 5.65. The lowest BCUT2D eigenvalue weighted by Crippen LogP contribution is -1.91. The van der Waals surface area contributed by atoms with E-state index in [2.05, 4.69) is 4.99 Å². The van der Waals surface area contributed by atoms with E-state index >= 15 is 0 Å². The van der Waals surface area contributed by atoms with Gasteiger partial charge in [0.1, 0.15) is 16.7 Å². The fraction of sp³-hybridized carbons (Fsp3) is 0.0714. The second-order valence-corrected chi connectivity index (χ2v) is 3.97. The normalized spacial score (nSPS) is 11.4. The van der Waals surface area contributed by atoms with E-state index in [1.165, 1.54) is 12.1 Å². The summed E-state index contributed by atoms with van der Waals surface area (Å²) in [4.78, 5) is 4.21. The van der Waals surface area contributed by atoms with Crippen molar-refractivity contribution in [2.75, 3.05) is 7.11 Å². The molecule has 0 aliphatic rings. The molecular weight excluding hydrogens is 253 g/mol. The monoisotopic (exact) mass is 263 g/mol. The minimum Gasteiger partial charge on any atom is -0.497 e. The van der Waals surface area contributed by atoms with Crippen LogP contribution in [0.5, 0.6) is 5.75 Å². The highest BCUT2D eigenvalue weighted by Crippen LogP contribution is 2.20. The predicted molar refractivity (Wildman–Crippen MR) is 71.4 cm³/mol. The molecule has 0 fully saturated rings. The van der Waals surface area contributed by atoms with Crippen LogP contribution in [0.4, 0.5) is 10.1 Å². The molecule has 0 aromatic heterocycles. The van der Waals surface area contributed by atoms with Gasteiger partial charge in [-0.3, -0.25) is 0 Å². The number of rotatable bonds is 3. The van der Waals surface area contributed by atoms with Crippen LogP contribution in [0.15, 0.2) is 53.5 Å². The van der Waals surface area contributed by atoms with Crippen molar-refractivity contribution < 1.29 is 9.13 Å². The van der Waals surface area contributed by atoms with E-state index in [9.17, 15) is 4.39 Å². The zero-order valence-corrected chi connectivity index (χ0v) is 10.5. The smallest absolute Gasteiger partial charge is 0.137 e. The van der Waals surface area contributed by atoms with Gasteiger partial charge in [-0.05, 0) is 36.4 Å². The van der Waals surface area contributed by atoms with E-state index in [0.29, 0.717) is 11.3 Å². The van der Waals surface area contributed by atoms with Crippen molar-refractivity contribution in [1.82, 2.24) is 0 Å². The first-order valence-corrected chi connectivity index (χ1v) is 5.71. The fourth-order valence-corrected chi connectivity index (χ4v) is 1.67. The van der Waals surface area contributed by atoms with Gasteiger partial charge in [-0.25, -0.2) is 9.38 Å². The average molecular weight is 264 g/mol. The maximum Gasteiger partial charge on any atom is 0.137 e. The van der Waals surface area contributed by atoms with Gasteiger partial charge in [0.15, 0.2) is 0 Å². The summed E-state index contributed by atoms with van der Waals surface area (Å²) in [7, 11) is 1.60. The molecule has 0 aliphatic carbocycles. The van der Waals surface area contributed by atoms with Crippen LogP contribution >= 0.6 is 11.6 Å². The summed E-state index contributed by atoms with van der Waals surface area (Å²) in [6.07, 6.45) is 0. The summed E-state index contributed by atoms with van der Waals surface area (Å²) >= 11 is 6.04. The maximum absolute atomic E-state index is 13.0. The molecule has 0 spiro atoms. The van der Waals surface area contributed by atoms with Gasteiger partial charge in [0.05, 0.1) is 12.8 Å². The van der Waals surface area contributed by atoms with Crippen molar-refractivity contribution in [2.45, 2.75) is 0 Å². The topological polar surface area (TPSA) is 21.6 Å². The van der Waals surface area contributed by atoms with Gasteiger partial charge in [0.25, 0.3) is 0 Å². The number of ether oxygens (including phenoxy) is 1. The Morgan fingerprint density at radius 1 is 1.17 bits per heavy atom. The van der Waals surface area contributed by atoms with Crippen molar-refractivity contribution >= 4 is 22.5 Å². The molecule has 2 aromatic carbocycles. The Morgan fingerprint density at radius 3 is 2.50 bits per heavy atom. The molecular formula is C14H11ClFNO. The molecule has 0 heterocycles. The van der Waals surface area contributed by atoms with Gasteiger partial charge >= 0.3 is 0 Å². The molecule has 2 rings (SSSR count). The summed E-state index contributed by atoms with van der Waals surface area (Å²) in [5, 5.41) is 0.250. The van der Waals surface area contributed by atoms with E-state index in [1.54, 1.807) is 43.5 Å². The molecule has 0 atom stereocenters. The predicted octanol–water partition coefficient (Wildman–Crippen LogP) is 4.15. The van der Waals surface area contributed by atoms with Gasteiger partial charge in [0, 0.05) is 5.56 Å². The van der Waals surface area contributed by atoms with Crippen molar-refractivity contribution in [1.29, 1.82) is 0 Å². The van der Waals surface area contributed by atoms with E-state index in [1.807, 2.05) is 0 Å². The highest BCUT2D eigenvalue weighted by molar-refractivity contribution is 6.69. The fourth-order valence-electron chi connectivity index (χ4n) is 1.45. The van der Waals surface area contributed by atoms with Gasteiger partial charge in [-0.2, -0.15) is 0 Å². The quantitative estimate of drug-likeness (QED) is 0.762. The first-order chi connectivity index (χ1) is 8.69. The summed E-state index contributed by atoms with van der Waals surface area (Å²) < 4.78 is 18.1. The Bertz CT molecular complexity index is 566. The van der Waals surface area contributed by atoms with Crippen LogP contribution in [-0.4, -0.2) is 12.3 Å². The Balaban J connectivity index is 2.26. The molecule has 0 N–H and O–H groups in total. The molecule has 2 aromatic rings. The molecule has 0 saturated carbocycles. The molecule has 0 bridgehead atoms. The van der Waals surface area contributed by atoms with E-state index in [-0.39, 0.29) is 11.0 Å².